The number of aliphatic hydroxyl groups is 1. The van der Waals surface area contributed by atoms with Crippen molar-refractivity contribution >= 4 is 6.03 Å². The Kier molecular flexibility index (Phi) is 5.55. The second-order valence-corrected chi connectivity index (χ2v) is 5.36. The van der Waals surface area contributed by atoms with Crippen molar-refractivity contribution in [2.45, 2.75) is 26.5 Å². The summed E-state index contributed by atoms with van der Waals surface area (Å²) in [5, 5.41) is 15.6. The number of amides is 2. The fraction of sp³-hybridized carbons (Fsp3) is 0.278. The molecule has 2 rings (SSSR count). The normalized spacial score (nSPS) is 11.8. The van der Waals surface area contributed by atoms with Crippen LogP contribution in [0.15, 0.2) is 48.5 Å². The molecule has 22 heavy (non-hydrogen) atoms. The van der Waals surface area contributed by atoms with E-state index in [0.29, 0.717) is 6.54 Å². The monoisotopic (exact) mass is 298 g/mol. The minimum Gasteiger partial charge on any atom is -0.387 e. The maximum absolute atomic E-state index is 11.8. The Bertz CT molecular complexity index is 640. The summed E-state index contributed by atoms with van der Waals surface area (Å²) < 4.78 is 0. The lowest BCUT2D eigenvalue weighted by molar-refractivity contribution is 0.172. The lowest BCUT2D eigenvalue weighted by atomic mass is 10.0. The van der Waals surface area contributed by atoms with E-state index in [1.165, 1.54) is 0 Å². The van der Waals surface area contributed by atoms with Crippen LogP contribution in [-0.2, 0) is 6.54 Å². The van der Waals surface area contributed by atoms with E-state index in [4.69, 9.17) is 0 Å². The summed E-state index contributed by atoms with van der Waals surface area (Å²) in [4.78, 5) is 11.8. The quantitative estimate of drug-likeness (QED) is 0.795. The Hall–Kier alpha value is -2.33. The average molecular weight is 298 g/mol. The molecule has 1 atom stereocenters. The summed E-state index contributed by atoms with van der Waals surface area (Å²) in [6.45, 7) is 4.61. The summed E-state index contributed by atoms with van der Waals surface area (Å²) in [7, 11) is 0. The Morgan fingerprint density at radius 1 is 1.00 bits per heavy atom. The third-order valence-electron chi connectivity index (χ3n) is 3.70. The standard InChI is InChI=1S/C18H22N2O2/c1-13-7-3-5-9-15(13)11-19-18(22)20-12-17(21)16-10-6-4-8-14(16)2/h3-10,17,21H,11-12H2,1-2H3,(H2,19,20,22). The fourth-order valence-electron chi connectivity index (χ4n) is 2.31. The number of urea groups is 1. The lowest BCUT2D eigenvalue weighted by Gasteiger charge is -2.15. The van der Waals surface area contributed by atoms with Gasteiger partial charge in [0.05, 0.1) is 6.10 Å². The zero-order valence-corrected chi connectivity index (χ0v) is 13.0. The van der Waals surface area contributed by atoms with Crippen molar-refractivity contribution in [1.29, 1.82) is 0 Å². The first-order valence-electron chi connectivity index (χ1n) is 7.37. The molecule has 0 heterocycles. The Morgan fingerprint density at radius 2 is 1.64 bits per heavy atom. The number of benzene rings is 2. The number of rotatable bonds is 5. The van der Waals surface area contributed by atoms with E-state index in [-0.39, 0.29) is 12.6 Å². The van der Waals surface area contributed by atoms with Gasteiger partial charge >= 0.3 is 6.03 Å². The van der Waals surface area contributed by atoms with Crippen molar-refractivity contribution in [3.63, 3.8) is 0 Å². The summed E-state index contributed by atoms with van der Waals surface area (Å²) in [5.41, 5.74) is 4.07. The van der Waals surface area contributed by atoms with E-state index in [0.717, 1.165) is 22.3 Å². The summed E-state index contributed by atoms with van der Waals surface area (Å²) in [6.07, 6.45) is -0.703. The number of aryl methyl sites for hydroxylation is 2. The van der Waals surface area contributed by atoms with Gasteiger partial charge < -0.3 is 15.7 Å². The number of carbonyl (C=O) groups is 1. The van der Waals surface area contributed by atoms with Crippen LogP contribution in [0.25, 0.3) is 0 Å². The summed E-state index contributed by atoms with van der Waals surface area (Å²) >= 11 is 0. The average Bonchev–Trinajstić information content (AvgIpc) is 2.52. The van der Waals surface area contributed by atoms with Gasteiger partial charge in [-0.05, 0) is 36.1 Å². The van der Waals surface area contributed by atoms with Crippen molar-refractivity contribution < 1.29 is 9.90 Å². The highest BCUT2D eigenvalue weighted by Gasteiger charge is 2.11. The van der Waals surface area contributed by atoms with Gasteiger partial charge in [-0.2, -0.15) is 0 Å². The van der Waals surface area contributed by atoms with E-state index < -0.39 is 6.10 Å². The molecule has 0 spiro atoms. The molecule has 4 heteroatoms. The first-order chi connectivity index (χ1) is 10.6. The number of hydrogen-bond acceptors (Lipinski definition) is 2. The Balaban J connectivity index is 1.81. The Morgan fingerprint density at radius 3 is 2.32 bits per heavy atom. The first kappa shape index (κ1) is 16.0. The van der Waals surface area contributed by atoms with Crippen LogP contribution < -0.4 is 10.6 Å². The molecule has 0 aliphatic rings. The SMILES string of the molecule is Cc1ccccc1CNC(=O)NCC(O)c1ccccc1C. The second kappa shape index (κ2) is 7.61. The van der Waals surface area contributed by atoms with Crippen LogP contribution in [-0.4, -0.2) is 17.7 Å². The van der Waals surface area contributed by atoms with Crippen molar-refractivity contribution in [3.8, 4) is 0 Å². The molecule has 0 aliphatic carbocycles. The first-order valence-corrected chi connectivity index (χ1v) is 7.37. The molecular weight excluding hydrogens is 276 g/mol. The van der Waals surface area contributed by atoms with Crippen molar-refractivity contribution in [2.24, 2.45) is 0 Å². The third kappa shape index (κ3) is 4.33. The van der Waals surface area contributed by atoms with Crippen molar-refractivity contribution in [2.75, 3.05) is 6.54 Å². The van der Waals surface area contributed by atoms with Gasteiger partial charge in [0, 0.05) is 13.1 Å². The summed E-state index contributed by atoms with van der Waals surface area (Å²) in [5.74, 6) is 0. The lowest BCUT2D eigenvalue weighted by Crippen LogP contribution is -2.37. The van der Waals surface area contributed by atoms with Gasteiger partial charge in [-0.1, -0.05) is 48.5 Å². The van der Waals surface area contributed by atoms with E-state index in [2.05, 4.69) is 10.6 Å². The smallest absolute Gasteiger partial charge is 0.315 e. The van der Waals surface area contributed by atoms with Crippen LogP contribution in [0.2, 0.25) is 0 Å². The van der Waals surface area contributed by atoms with E-state index >= 15 is 0 Å². The molecule has 3 N–H and O–H groups in total. The minimum atomic E-state index is -0.703. The molecule has 0 bridgehead atoms. The molecule has 2 amide bonds. The molecular formula is C18H22N2O2. The highest BCUT2D eigenvalue weighted by Crippen LogP contribution is 2.16. The molecule has 2 aromatic rings. The predicted octanol–water partition coefficient (Wildman–Crippen LogP) is 2.84. The molecule has 2 aromatic carbocycles. The van der Waals surface area contributed by atoms with Gasteiger partial charge in [0.15, 0.2) is 0 Å². The third-order valence-corrected chi connectivity index (χ3v) is 3.70. The predicted molar refractivity (Wildman–Crippen MR) is 87.6 cm³/mol. The fourth-order valence-corrected chi connectivity index (χ4v) is 2.31. The van der Waals surface area contributed by atoms with Crippen molar-refractivity contribution in [3.05, 3.63) is 70.8 Å². The number of aliphatic hydroxyl groups excluding tert-OH is 1. The largest absolute Gasteiger partial charge is 0.387 e. The molecule has 1 unspecified atom stereocenters. The highest BCUT2D eigenvalue weighted by molar-refractivity contribution is 5.73. The number of hydrogen-bond donors (Lipinski definition) is 3. The van der Waals surface area contributed by atoms with E-state index in [1.807, 2.05) is 62.4 Å². The zero-order valence-electron chi connectivity index (χ0n) is 13.0. The maximum atomic E-state index is 11.8. The van der Waals surface area contributed by atoms with Crippen LogP contribution in [0.4, 0.5) is 4.79 Å². The summed E-state index contributed by atoms with van der Waals surface area (Å²) in [6, 6.07) is 15.2. The van der Waals surface area contributed by atoms with Gasteiger partial charge in [-0.3, -0.25) is 0 Å². The van der Waals surface area contributed by atoms with Crippen LogP contribution >= 0.6 is 0 Å². The molecule has 0 aromatic heterocycles. The molecule has 0 radical (unpaired) electrons. The maximum Gasteiger partial charge on any atom is 0.315 e. The minimum absolute atomic E-state index is 0.185. The molecule has 4 nitrogen and oxygen atoms in total. The van der Waals surface area contributed by atoms with Gasteiger partial charge in [0.2, 0.25) is 0 Å². The van der Waals surface area contributed by atoms with Gasteiger partial charge in [0.1, 0.15) is 0 Å². The van der Waals surface area contributed by atoms with Crippen LogP contribution in [0.1, 0.15) is 28.4 Å². The van der Waals surface area contributed by atoms with Gasteiger partial charge in [-0.25, -0.2) is 4.79 Å². The van der Waals surface area contributed by atoms with Gasteiger partial charge in [-0.15, -0.1) is 0 Å². The zero-order chi connectivity index (χ0) is 15.9. The van der Waals surface area contributed by atoms with E-state index in [1.54, 1.807) is 0 Å². The van der Waals surface area contributed by atoms with Crippen LogP contribution in [0.5, 0.6) is 0 Å². The highest BCUT2D eigenvalue weighted by atomic mass is 16.3. The molecule has 0 saturated heterocycles. The molecule has 0 fully saturated rings. The van der Waals surface area contributed by atoms with Crippen LogP contribution in [0, 0.1) is 13.8 Å². The Labute approximate surface area is 131 Å². The molecule has 116 valence electrons. The number of nitrogens with one attached hydrogen (secondary N) is 2. The van der Waals surface area contributed by atoms with Gasteiger partial charge in [0.25, 0.3) is 0 Å². The second-order valence-electron chi connectivity index (χ2n) is 5.36. The van der Waals surface area contributed by atoms with Crippen molar-refractivity contribution in [1.82, 2.24) is 10.6 Å². The molecule has 0 aliphatic heterocycles. The van der Waals surface area contributed by atoms with Crippen LogP contribution in [0.3, 0.4) is 0 Å². The van der Waals surface area contributed by atoms with E-state index in [9.17, 15) is 9.90 Å². The number of carbonyl (C=O) groups excluding carboxylic acids is 1. The molecule has 0 saturated carbocycles. The topological polar surface area (TPSA) is 61.4 Å².